The number of hydrogen-bond donors (Lipinski definition) is 1. The van der Waals surface area contributed by atoms with E-state index in [9.17, 15) is 9.59 Å². The Bertz CT molecular complexity index is 627. The Balaban J connectivity index is 1.88. The summed E-state index contributed by atoms with van der Waals surface area (Å²) in [5.41, 5.74) is 0.409. The SMILES string of the molecule is CCCc1nnc(NC(=O)COc2ccccc2C=O)s1. The Kier molecular flexibility index (Phi) is 5.39. The predicted octanol–water partition coefficient (Wildman–Crippen LogP) is 2.32. The molecule has 1 heterocycles. The molecule has 2 rings (SSSR count). The van der Waals surface area contributed by atoms with Gasteiger partial charge >= 0.3 is 0 Å². The van der Waals surface area contributed by atoms with Crippen LogP contribution in [0.4, 0.5) is 5.13 Å². The van der Waals surface area contributed by atoms with E-state index in [1.165, 1.54) is 11.3 Å². The van der Waals surface area contributed by atoms with E-state index in [-0.39, 0.29) is 12.5 Å². The largest absolute Gasteiger partial charge is 0.483 e. The number of hydrogen-bond acceptors (Lipinski definition) is 6. The molecule has 1 N–H and O–H groups in total. The van der Waals surface area contributed by atoms with Crippen LogP contribution < -0.4 is 10.1 Å². The van der Waals surface area contributed by atoms with Gasteiger partial charge in [0.2, 0.25) is 5.13 Å². The second-order valence-electron chi connectivity index (χ2n) is 4.24. The molecule has 1 amide bonds. The number of anilines is 1. The number of aryl methyl sites for hydroxylation is 1. The molecule has 0 aliphatic heterocycles. The summed E-state index contributed by atoms with van der Waals surface area (Å²) in [6, 6.07) is 6.73. The fourth-order valence-electron chi connectivity index (χ4n) is 1.63. The van der Waals surface area contributed by atoms with Crippen LogP contribution >= 0.6 is 11.3 Å². The Morgan fingerprint density at radius 3 is 2.95 bits per heavy atom. The molecule has 0 spiro atoms. The summed E-state index contributed by atoms with van der Waals surface area (Å²) in [7, 11) is 0. The molecule has 0 bridgehead atoms. The number of carbonyl (C=O) groups excluding carboxylic acids is 2. The number of amides is 1. The van der Waals surface area contributed by atoms with Crippen molar-refractivity contribution in [3.8, 4) is 5.75 Å². The molecule has 7 heteroatoms. The zero-order chi connectivity index (χ0) is 15.1. The number of nitrogens with one attached hydrogen (secondary N) is 1. The molecule has 0 radical (unpaired) electrons. The van der Waals surface area contributed by atoms with Crippen LogP contribution in [0, 0.1) is 0 Å². The lowest BCUT2D eigenvalue weighted by Crippen LogP contribution is -2.20. The monoisotopic (exact) mass is 305 g/mol. The van der Waals surface area contributed by atoms with Crippen LogP contribution in [0.15, 0.2) is 24.3 Å². The quantitative estimate of drug-likeness (QED) is 0.794. The van der Waals surface area contributed by atoms with Crippen LogP contribution in [0.3, 0.4) is 0 Å². The van der Waals surface area contributed by atoms with Crippen LogP contribution in [0.25, 0.3) is 0 Å². The van der Waals surface area contributed by atoms with Crippen molar-refractivity contribution in [3.63, 3.8) is 0 Å². The van der Waals surface area contributed by atoms with E-state index in [1.807, 2.05) is 0 Å². The summed E-state index contributed by atoms with van der Waals surface area (Å²) in [6.45, 7) is 1.87. The minimum atomic E-state index is -0.338. The van der Waals surface area contributed by atoms with Gasteiger partial charge in [-0.05, 0) is 18.6 Å². The van der Waals surface area contributed by atoms with Crippen LogP contribution in [0.1, 0.15) is 28.7 Å². The van der Waals surface area contributed by atoms with Gasteiger partial charge in [0.25, 0.3) is 5.91 Å². The van der Waals surface area contributed by atoms with E-state index in [4.69, 9.17) is 4.74 Å². The normalized spacial score (nSPS) is 10.1. The number of carbonyl (C=O) groups is 2. The number of para-hydroxylation sites is 1. The van der Waals surface area contributed by atoms with E-state index in [0.717, 1.165) is 17.8 Å². The van der Waals surface area contributed by atoms with Crippen molar-refractivity contribution in [1.29, 1.82) is 0 Å². The smallest absolute Gasteiger partial charge is 0.264 e. The lowest BCUT2D eigenvalue weighted by Gasteiger charge is -2.07. The van der Waals surface area contributed by atoms with Crippen molar-refractivity contribution in [2.45, 2.75) is 19.8 Å². The third-order valence-corrected chi connectivity index (χ3v) is 3.48. The topological polar surface area (TPSA) is 81.2 Å². The molecule has 0 unspecified atom stereocenters. The maximum atomic E-state index is 11.8. The van der Waals surface area contributed by atoms with Crippen molar-refractivity contribution in [1.82, 2.24) is 10.2 Å². The molecule has 2 aromatic rings. The summed E-state index contributed by atoms with van der Waals surface area (Å²) in [5.74, 6) is 0.0430. The second kappa shape index (κ2) is 7.49. The molecule has 110 valence electrons. The molecule has 0 saturated carbocycles. The first-order chi connectivity index (χ1) is 10.2. The molecule has 21 heavy (non-hydrogen) atoms. The molecular formula is C14H15N3O3S. The van der Waals surface area contributed by atoms with Gasteiger partial charge in [-0.1, -0.05) is 30.4 Å². The molecule has 0 aliphatic carbocycles. The Morgan fingerprint density at radius 2 is 2.19 bits per heavy atom. The third kappa shape index (κ3) is 4.35. The average Bonchev–Trinajstić information content (AvgIpc) is 2.93. The maximum absolute atomic E-state index is 11.8. The van der Waals surface area contributed by atoms with Crippen molar-refractivity contribution in [2.75, 3.05) is 11.9 Å². The van der Waals surface area contributed by atoms with E-state index in [2.05, 4.69) is 22.4 Å². The highest BCUT2D eigenvalue weighted by Gasteiger charge is 2.09. The van der Waals surface area contributed by atoms with Gasteiger partial charge in [-0.25, -0.2) is 0 Å². The molecule has 0 fully saturated rings. The first kappa shape index (κ1) is 15.1. The van der Waals surface area contributed by atoms with Gasteiger partial charge in [0.1, 0.15) is 10.8 Å². The van der Waals surface area contributed by atoms with E-state index in [1.54, 1.807) is 24.3 Å². The van der Waals surface area contributed by atoms with E-state index >= 15 is 0 Å². The highest BCUT2D eigenvalue weighted by Crippen LogP contribution is 2.17. The Morgan fingerprint density at radius 1 is 1.38 bits per heavy atom. The zero-order valence-electron chi connectivity index (χ0n) is 11.5. The molecule has 0 saturated heterocycles. The number of rotatable bonds is 7. The van der Waals surface area contributed by atoms with Crippen LogP contribution in [-0.2, 0) is 11.2 Å². The number of aromatic nitrogens is 2. The number of ether oxygens (including phenoxy) is 1. The fraction of sp³-hybridized carbons (Fsp3) is 0.286. The summed E-state index contributed by atoms with van der Waals surface area (Å²) < 4.78 is 5.33. The zero-order valence-corrected chi connectivity index (χ0v) is 12.4. The van der Waals surface area contributed by atoms with Crippen molar-refractivity contribution >= 4 is 28.7 Å². The van der Waals surface area contributed by atoms with Crippen LogP contribution in [0.2, 0.25) is 0 Å². The molecule has 0 atom stereocenters. The summed E-state index contributed by atoms with van der Waals surface area (Å²) in [6.07, 6.45) is 2.51. The second-order valence-corrected chi connectivity index (χ2v) is 5.31. The van der Waals surface area contributed by atoms with Gasteiger partial charge in [0, 0.05) is 6.42 Å². The van der Waals surface area contributed by atoms with E-state index in [0.29, 0.717) is 22.7 Å². The van der Waals surface area contributed by atoms with Gasteiger partial charge in [-0.3, -0.25) is 14.9 Å². The van der Waals surface area contributed by atoms with Gasteiger partial charge < -0.3 is 4.74 Å². The van der Waals surface area contributed by atoms with Gasteiger partial charge in [-0.2, -0.15) is 0 Å². The Hall–Kier alpha value is -2.28. The van der Waals surface area contributed by atoms with Crippen LogP contribution in [0.5, 0.6) is 5.75 Å². The number of benzene rings is 1. The van der Waals surface area contributed by atoms with Gasteiger partial charge in [0.15, 0.2) is 12.9 Å². The highest BCUT2D eigenvalue weighted by molar-refractivity contribution is 7.15. The number of aldehydes is 1. The first-order valence-electron chi connectivity index (χ1n) is 6.52. The molecule has 6 nitrogen and oxygen atoms in total. The number of nitrogens with zero attached hydrogens (tertiary/aromatic N) is 2. The fourth-order valence-corrected chi connectivity index (χ4v) is 2.48. The molecule has 1 aromatic heterocycles. The van der Waals surface area contributed by atoms with Gasteiger partial charge in [0.05, 0.1) is 5.56 Å². The van der Waals surface area contributed by atoms with Crippen molar-refractivity contribution < 1.29 is 14.3 Å². The lowest BCUT2D eigenvalue weighted by molar-refractivity contribution is -0.118. The lowest BCUT2D eigenvalue weighted by atomic mass is 10.2. The summed E-state index contributed by atoms with van der Waals surface area (Å²) >= 11 is 1.35. The standard InChI is InChI=1S/C14H15N3O3S/c1-2-5-13-16-17-14(21-13)15-12(19)9-20-11-7-4-3-6-10(11)8-18/h3-4,6-8H,2,5,9H2,1H3,(H,15,17,19). The van der Waals surface area contributed by atoms with Crippen molar-refractivity contribution in [3.05, 3.63) is 34.8 Å². The summed E-state index contributed by atoms with van der Waals surface area (Å²) in [5, 5.41) is 11.8. The van der Waals surface area contributed by atoms with Gasteiger partial charge in [-0.15, -0.1) is 10.2 Å². The highest BCUT2D eigenvalue weighted by atomic mass is 32.1. The molecule has 0 aliphatic rings. The average molecular weight is 305 g/mol. The van der Waals surface area contributed by atoms with E-state index < -0.39 is 0 Å². The third-order valence-electron chi connectivity index (χ3n) is 2.58. The minimum absolute atomic E-state index is 0.187. The minimum Gasteiger partial charge on any atom is -0.483 e. The maximum Gasteiger partial charge on any atom is 0.264 e. The Labute approximate surface area is 126 Å². The molecule has 1 aromatic carbocycles. The first-order valence-corrected chi connectivity index (χ1v) is 7.33. The predicted molar refractivity (Wildman–Crippen MR) is 79.9 cm³/mol. The van der Waals surface area contributed by atoms with Crippen molar-refractivity contribution in [2.24, 2.45) is 0 Å². The summed E-state index contributed by atoms with van der Waals surface area (Å²) in [4.78, 5) is 22.6. The molecular weight excluding hydrogens is 290 g/mol. The van der Waals surface area contributed by atoms with Crippen LogP contribution in [-0.4, -0.2) is 29.0 Å².